The Labute approximate surface area is 199 Å². The molecule has 2 amide bonds. The van der Waals surface area contributed by atoms with E-state index in [1.54, 1.807) is 4.90 Å². The number of hydrogen-bond acceptors (Lipinski definition) is 3. The Balaban J connectivity index is 1.60. The van der Waals surface area contributed by atoms with E-state index >= 15 is 0 Å². The van der Waals surface area contributed by atoms with Crippen molar-refractivity contribution in [3.63, 3.8) is 0 Å². The second kappa shape index (κ2) is 9.79. The van der Waals surface area contributed by atoms with Gasteiger partial charge in [-0.2, -0.15) is 0 Å². The number of imidazole rings is 1. The Hall–Kier alpha value is -3.12. The van der Waals surface area contributed by atoms with Gasteiger partial charge >= 0.3 is 0 Å². The first kappa shape index (κ1) is 23.1. The first-order valence-electron chi connectivity index (χ1n) is 11.3. The summed E-state index contributed by atoms with van der Waals surface area (Å²) in [6.45, 7) is 6.41. The summed E-state index contributed by atoms with van der Waals surface area (Å²) in [6.07, 6.45) is 4.13. The van der Waals surface area contributed by atoms with Crippen LogP contribution in [0.15, 0.2) is 54.7 Å². The zero-order valence-electron chi connectivity index (χ0n) is 19.2. The van der Waals surface area contributed by atoms with Crippen LogP contribution in [-0.2, 0) is 9.59 Å². The van der Waals surface area contributed by atoms with Gasteiger partial charge in [-0.15, -0.1) is 0 Å². The Bertz CT molecular complexity index is 1130. The van der Waals surface area contributed by atoms with Crippen LogP contribution < -0.4 is 5.32 Å². The van der Waals surface area contributed by atoms with Crippen molar-refractivity contribution in [1.82, 2.24) is 14.5 Å². The Morgan fingerprint density at radius 3 is 2.39 bits per heavy atom. The molecule has 6 nitrogen and oxygen atoms in total. The molecule has 1 aliphatic rings. The van der Waals surface area contributed by atoms with Gasteiger partial charge in [-0.1, -0.05) is 55.3 Å². The maximum atomic E-state index is 13.0. The number of anilines is 1. The summed E-state index contributed by atoms with van der Waals surface area (Å²) in [7, 11) is 0. The van der Waals surface area contributed by atoms with E-state index in [0.29, 0.717) is 23.4 Å². The standard InChI is InChI=1S/C26H29ClN4O2/c1-17(2)25(33)30(14-19-6-7-19)16-24(32)29-26-28-23(20-8-10-21(27)11-9-20)15-31(26)22-12-4-18(3)5-13-22/h4-5,8-13,15,17,19H,6-7,14,16H2,1-3H3,(H,28,29,32). The van der Waals surface area contributed by atoms with Crippen LogP contribution in [0.3, 0.4) is 0 Å². The number of amides is 2. The monoisotopic (exact) mass is 464 g/mol. The number of benzene rings is 2. The number of halogens is 1. The van der Waals surface area contributed by atoms with Crippen LogP contribution in [-0.4, -0.2) is 39.4 Å². The lowest BCUT2D eigenvalue weighted by molar-refractivity contribution is -0.137. The van der Waals surface area contributed by atoms with E-state index in [4.69, 9.17) is 16.6 Å². The van der Waals surface area contributed by atoms with Gasteiger partial charge in [-0.3, -0.25) is 19.5 Å². The summed E-state index contributed by atoms with van der Waals surface area (Å²) < 4.78 is 1.86. The number of carbonyl (C=O) groups is 2. The molecule has 2 aromatic carbocycles. The number of carbonyl (C=O) groups excluding carboxylic acids is 2. The number of nitrogens with zero attached hydrogens (tertiary/aromatic N) is 3. The van der Waals surface area contributed by atoms with Crippen molar-refractivity contribution in [2.75, 3.05) is 18.4 Å². The third-order valence-corrected chi connectivity index (χ3v) is 5.98. The fraction of sp³-hybridized carbons (Fsp3) is 0.346. The number of aryl methyl sites for hydroxylation is 1. The highest BCUT2D eigenvalue weighted by Gasteiger charge is 2.29. The lowest BCUT2D eigenvalue weighted by Crippen LogP contribution is -2.41. The molecule has 1 saturated carbocycles. The smallest absolute Gasteiger partial charge is 0.246 e. The SMILES string of the molecule is Cc1ccc(-n2cc(-c3ccc(Cl)cc3)nc2NC(=O)CN(CC2CC2)C(=O)C(C)C)cc1. The van der Waals surface area contributed by atoms with E-state index in [9.17, 15) is 9.59 Å². The molecule has 1 aromatic heterocycles. The normalized spacial score (nSPS) is 13.2. The van der Waals surface area contributed by atoms with Crippen LogP contribution in [0, 0.1) is 18.8 Å². The number of rotatable bonds is 8. The molecule has 0 atom stereocenters. The zero-order chi connectivity index (χ0) is 23.5. The van der Waals surface area contributed by atoms with Crippen LogP contribution >= 0.6 is 11.6 Å². The van der Waals surface area contributed by atoms with Crippen LogP contribution in [0.2, 0.25) is 5.02 Å². The van der Waals surface area contributed by atoms with Gasteiger partial charge in [0.1, 0.15) is 0 Å². The Kier molecular flexibility index (Phi) is 6.84. The van der Waals surface area contributed by atoms with Gasteiger partial charge in [0.05, 0.1) is 12.2 Å². The Morgan fingerprint density at radius 2 is 1.79 bits per heavy atom. The largest absolute Gasteiger partial charge is 0.333 e. The van der Waals surface area contributed by atoms with Crippen LogP contribution in [0.4, 0.5) is 5.95 Å². The predicted octanol–water partition coefficient (Wildman–Crippen LogP) is 5.33. The number of nitrogens with one attached hydrogen (secondary N) is 1. The average Bonchev–Trinajstić information content (AvgIpc) is 3.51. The molecule has 7 heteroatoms. The quantitative estimate of drug-likeness (QED) is 0.489. The summed E-state index contributed by atoms with van der Waals surface area (Å²) in [5.41, 5.74) is 3.64. The predicted molar refractivity (Wildman–Crippen MR) is 132 cm³/mol. The first-order chi connectivity index (χ1) is 15.8. The molecule has 1 aliphatic carbocycles. The fourth-order valence-electron chi connectivity index (χ4n) is 3.68. The minimum Gasteiger partial charge on any atom is -0.333 e. The second-order valence-electron chi connectivity index (χ2n) is 9.03. The van der Waals surface area contributed by atoms with Crippen LogP contribution in [0.1, 0.15) is 32.3 Å². The highest BCUT2D eigenvalue weighted by molar-refractivity contribution is 6.30. The summed E-state index contributed by atoms with van der Waals surface area (Å²) >= 11 is 6.04. The highest BCUT2D eigenvalue weighted by Crippen LogP contribution is 2.30. The zero-order valence-corrected chi connectivity index (χ0v) is 20.0. The van der Waals surface area contributed by atoms with E-state index < -0.39 is 0 Å². The Morgan fingerprint density at radius 1 is 1.12 bits per heavy atom. The van der Waals surface area contributed by atoms with Crippen molar-refractivity contribution in [2.24, 2.45) is 11.8 Å². The first-order valence-corrected chi connectivity index (χ1v) is 11.7. The van der Waals surface area contributed by atoms with Crippen molar-refractivity contribution in [3.8, 4) is 16.9 Å². The van der Waals surface area contributed by atoms with Crippen molar-refractivity contribution in [2.45, 2.75) is 33.6 Å². The van der Waals surface area contributed by atoms with E-state index in [-0.39, 0.29) is 24.3 Å². The van der Waals surface area contributed by atoms with Crippen molar-refractivity contribution in [1.29, 1.82) is 0 Å². The molecule has 1 N–H and O–H groups in total. The van der Waals surface area contributed by atoms with Gasteiger partial charge in [-0.25, -0.2) is 4.98 Å². The van der Waals surface area contributed by atoms with Gasteiger partial charge in [0.2, 0.25) is 17.8 Å². The van der Waals surface area contributed by atoms with Crippen molar-refractivity contribution in [3.05, 3.63) is 65.3 Å². The van der Waals surface area contributed by atoms with Gasteiger partial charge in [0.15, 0.2) is 0 Å². The summed E-state index contributed by atoms with van der Waals surface area (Å²) in [4.78, 5) is 32.0. The van der Waals surface area contributed by atoms with Crippen LogP contribution in [0.5, 0.6) is 0 Å². The molecular weight excluding hydrogens is 436 g/mol. The molecule has 0 aliphatic heterocycles. The van der Waals surface area contributed by atoms with E-state index in [2.05, 4.69) is 5.32 Å². The fourth-order valence-corrected chi connectivity index (χ4v) is 3.80. The van der Waals surface area contributed by atoms with Gasteiger partial charge in [0.25, 0.3) is 0 Å². The molecule has 3 aromatic rings. The molecule has 1 heterocycles. The van der Waals surface area contributed by atoms with Crippen molar-refractivity contribution >= 4 is 29.4 Å². The number of hydrogen-bond donors (Lipinski definition) is 1. The molecule has 33 heavy (non-hydrogen) atoms. The third-order valence-electron chi connectivity index (χ3n) is 5.72. The highest BCUT2D eigenvalue weighted by atomic mass is 35.5. The second-order valence-corrected chi connectivity index (χ2v) is 9.46. The van der Waals surface area contributed by atoms with Crippen molar-refractivity contribution < 1.29 is 9.59 Å². The minimum absolute atomic E-state index is 0.000722. The van der Waals surface area contributed by atoms with E-state index in [1.165, 1.54) is 0 Å². The van der Waals surface area contributed by atoms with E-state index in [0.717, 1.165) is 35.3 Å². The molecule has 0 saturated heterocycles. The van der Waals surface area contributed by atoms with Crippen LogP contribution in [0.25, 0.3) is 16.9 Å². The topological polar surface area (TPSA) is 67.2 Å². The summed E-state index contributed by atoms with van der Waals surface area (Å²) in [5, 5.41) is 3.58. The molecule has 1 fully saturated rings. The molecule has 0 spiro atoms. The van der Waals surface area contributed by atoms with Gasteiger partial charge < -0.3 is 4.90 Å². The lowest BCUT2D eigenvalue weighted by atomic mass is 10.2. The van der Waals surface area contributed by atoms with Gasteiger partial charge in [-0.05, 0) is 49.9 Å². The lowest BCUT2D eigenvalue weighted by Gasteiger charge is -2.24. The molecular formula is C26H29ClN4O2. The van der Waals surface area contributed by atoms with Gasteiger partial charge in [0, 0.05) is 34.9 Å². The molecule has 0 unspecified atom stereocenters. The molecule has 4 rings (SSSR count). The summed E-state index contributed by atoms with van der Waals surface area (Å²) in [6, 6.07) is 15.4. The maximum Gasteiger partial charge on any atom is 0.246 e. The summed E-state index contributed by atoms with van der Waals surface area (Å²) in [5.74, 6) is 0.512. The number of aromatic nitrogens is 2. The molecule has 0 radical (unpaired) electrons. The third kappa shape index (κ3) is 5.82. The molecule has 0 bridgehead atoms. The average molecular weight is 465 g/mol. The maximum absolute atomic E-state index is 13.0. The molecule has 172 valence electrons. The van der Waals surface area contributed by atoms with E-state index in [1.807, 2.05) is 80.1 Å². The minimum atomic E-state index is -0.258.